The van der Waals surface area contributed by atoms with Crippen LogP contribution < -0.4 is 0 Å². The average Bonchev–Trinajstić information content (AvgIpc) is 2.50. The molecule has 0 bridgehead atoms. The molecule has 0 aromatic rings. The maximum atomic E-state index is 12.8. The van der Waals surface area contributed by atoms with Crippen LogP contribution >= 0.6 is 0 Å². The van der Waals surface area contributed by atoms with Crippen molar-refractivity contribution in [1.82, 2.24) is 0 Å². The molecule has 25 heavy (non-hydrogen) atoms. The van der Waals surface area contributed by atoms with E-state index in [0.717, 1.165) is 0 Å². The topological polar surface area (TPSA) is 88.1 Å². The van der Waals surface area contributed by atoms with Crippen molar-refractivity contribution in [1.29, 1.82) is 0 Å². The van der Waals surface area contributed by atoms with Gasteiger partial charge in [-0.1, -0.05) is 6.92 Å². The molecule has 0 aliphatic rings. The molecule has 0 spiro atoms. The summed E-state index contributed by atoms with van der Waals surface area (Å²) in [5.74, 6) is -3.42. The van der Waals surface area contributed by atoms with Gasteiger partial charge in [0.05, 0.1) is 32.5 Å². The first-order chi connectivity index (χ1) is 11.5. The Bertz CT molecular complexity index is 502. The molecule has 0 radical (unpaired) electrons. The van der Waals surface area contributed by atoms with Gasteiger partial charge in [-0.2, -0.15) is 0 Å². The van der Waals surface area contributed by atoms with Gasteiger partial charge in [0, 0.05) is 5.57 Å². The number of ketones is 1. The lowest BCUT2D eigenvalue weighted by Crippen LogP contribution is -2.61. The number of rotatable bonds is 10. The summed E-state index contributed by atoms with van der Waals surface area (Å²) in [7, 11) is -1.04. The van der Waals surface area contributed by atoms with E-state index in [4.69, 9.17) is 18.6 Å². The molecule has 0 fully saturated rings. The van der Waals surface area contributed by atoms with E-state index in [-0.39, 0.29) is 18.8 Å². The van der Waals surface area contributed by atoms with Crippen molar-refractivity contribution >= 4 is 26.0 Å². The number of ether oxygens (including phenoxy) is 3. The number of hydrogen-bond donors (Lipinski definition) is 0. The van der Waals surface area contributed by atoms with E-state index in [2.05, 4.69) is 0 Å². The van der Waals surface area contributed by atoms with Crippen LogP contribution in [-0.2, 0) is 33.0 Å². The zero-order valence-corrected chi connectivity index (χ0v) is 17.4. The molecule has 0 rings (SSSR count). The minimum absolute atomic E-state index is 0.0445. The van der Waals surface area contributed by atoms with Crippen LogP contribution in [0.15, 0.2) is 11.8 Å². The quantitative estimate of drug-likeness (QED) is 0.191. The average molecular weight is 375 g/mol. The first kappa shape index (κ1) is 23.3. The molecule has 0 saturated carbocycles. The van der Waals surface area contributed by atoms with Crippen LogP contribution in [0.3, 0.4) is 0 Å². The number of methoxy groups -OCH3 is 1. The van der Waals surface area contributed by atoms with Crippen LogP contribution in [0.25, 0.3) is 0 Å². The highest BCUT2D eigenvalue weighted by Crippen LogP contribution is 2.32. The zero-order valence-electron chi connectivity index (χ0n) is 16.4. The van der Waals surface area contributed by atoms with Gasteiger partial charge in [0.2, 0.25) is 0 Å². The van der Waals surface area contributed by atoms with Crippen molar-refractivity contribution < 1.29 is 33.0 Å². The predicted octanol–water partition coefficient (Wildman–Crippen LogP) is 2.46. The van der Waals surface area contributed by atoms with Crippen LogP contribution in [0.4, 0.5) is 0 Å². The molecule has 0 heterocycles. The Balaban J connectivity index is 6.31. The van der Waals surface area contributed by atoms with Gasteiger partial charge in [-0.15, -0.1) is 0 Å². The number of esters is 2. The minimum Gasteiger partial charge on any atom is -0.504 e. The smallest absolute Gasteiger partial charge is 0.350 e. The van der Waals surface area contributed by atoms with Gasteiger partial charge in [0.15, 0.2) is 14.1 Å². The second kappa shape index (κ2) is 9.72. The molecule has 8 heteroatoms. The van der Waals surface area contributed by atoms with Crippen molar-refractivity contribution in [3.05, 3.63) is 11.8 Å². The van der Waals surface area contributed by atoms with E-state index in [0.29, 0.717) is 0 Å². The minimum atomic E-state index is -2.44. The first-order valence-corrected chi connectivity index (χ1v) is 11.7. The molecule has 1 unspecified atom stereocenters. The summed E-state index contributed by atoms with van der Waals surface area (Å²) < 4.78 is 21.0. The van der Waals surface area contributed by atoms with Gasteiger partial charge in [0.1, 0.15) is 0 Å². The monoisotopic (exact) mass is 374 g/mol. The lowest BCUT2D eigenvalue weighted by Gasteiger charge is -2.38. The standard InChI is InChI=1S/C17H30O7Si/c1-9-22-15(19)17(16(20)23-10-2,24-25(6,7)8)13(4)14(18)12(3)11-21-5/h11,13H,9-10H2,1-8H3/b12-11+. The van der Waals surface area contributed by atoms with Crippen molar-refractivity contribution in [2.45, 2.75) is 52.9 Å². The summed E-state index contributed by atoms with van der Waals surface area (Å²) in [6.07, 6.45) is 1.26. The third-order valence-corrected chi connectivity index (χ3v) is 4.25. The molecule has 0 amide bonds. The van der Waals surface area contributed by atoms with E-state index < -0.39 is 37.6 Å². The fourth-order valence-corrected chi connectivity index (χ4v) is 3.64. The Morgan fingerprint density at radius 1 is 1.04 bits per heavy atom. The molecule has 7 nitrogen and oxygen atoms in total. The number of allylic oxidation sites excluding steroid dienone is 1. The van der Waals surface area contributed by atoms with Crippen molar-refractivity contribution in [3.63, 3.8) is 0 Å². The molecule has 0 N–H and O–H groups in total. The Morgan fingerprint density at radius 2 is 1.48 bits per heavy atom. The van der Waals surface area contributed by atoms with Crippen LogP contribution in [0.1, 0.15) is 27.7 Å². The fraction of sp³-hybridized carbons (Fsp3) is 0.706. The Hall–Kier alpha value is -1.67. The predicted molar refractivity (Wildman–Crippen MR) is 95.4 cm³/mol. The maximum Gasteiger partial charge on any atom is 0.350 e. The van der Waals surface area contributed by atoms with Crippen molar-refractivity contribution in [2.24, 2.45) is 5.92 Å². The first-order valence-electron chi connectivity index (χ1n) is 8.26. The van der Waals surface area contributed by atoms with E-state index in [1.54, 1.807) is 13.8 Å². The highest BCUT2D eigenvalue weighted by atomic mass is 28.4. The van der Waals surface area contributed by atoms with Gasteiger partial charge in [-0.3, -0.25) is 4.79 Å². The second-order valence-electron chi connectivity index (χ2n) is 6.51. The van der Waals surface area contributed by atoms with E-state index >= 15 is 0 Å². The Labute approximate surface area is 150 Å². The summed E-state index contributed by atoms with van der Waals surface area (Å²) in [5, 5.41) is 0. The number of hydrogen-bond acceptors (Lipinski definition) is 7. The van der Waals surface area contributed by atoms with Crippen molar-refractivity contribution in [2.75, 3.05) is 20.3 Å². The Kier molecular flexibility index (Phi) is 9.07. The lowest BCUT2D eigenvalue weighted by molar-refractivity contribution is -0.187. The van der Waals surface area contributed by atoms with E-state index in [9.17, 15) is 14.4 Å². The lowest BCUT2D eigenvalue weighted by atomic mass is 9.83. The van der Waals surface area contributed by atoms with Crippen LogP contribution in [-0.4, -0.2) is 52.0 Å². The van der Waals surface area contributed by atoms with Gasteiger partial charge < -0.3 is 18.6 Å². The summed E-state index contributed by atoms with van der Waals surface area (Å²) in [6.45, 7) is 11.8. The Morgan fingerprint density at radius 3 is 1.80 bits per heavy atom. The zero-order chi connectivity index (χ0) is 19.8. The van der Waals surface area contributed by atoms with Gasteiger partial charge in [-0.25, -0.2) is 9.59 Å². The summed E-state index contributed by atoms with van der Waals surface area (Å²) in [4.78, 5) is 38.3. The molecule has 0 aromatic carbocycles. The summed E-state index contributed by atoms with van der Waals surface area (Å²) in [6, 6.07) is 0. The third-order valence-electron chi connectivity index (χ3n) is 3.31. The van der Waals surface area contributed by atoms with Gasteiger partial charge in [0.25, 0.3) is 5.60 Å². The summed E-state index contributed by atoms with van der Waals surface area (Å²) in [5.41, 5.74) is -1.89. The van der Waals surface area contributed by atoms with Crippen molar-refractivity contribution in [3.8, 4) is 0 Å². The normalized spacial score (nSPS) is 13.8. The molecule has 144 valence electrons. The largest absolute Gasteiger partial charge is 0.504 e. The molecule has 0 aliphatic heterocycles. The SMILES string of the molecule is CCOC(=O)C(O[Si](C)(C)C)(C(=O)OCC)C(C)C(=O)/C(C)=C/OC. The molecular formula is C17H30O7Si. The third kappa shape index (κ3) is 5.96. The number of carbonyl (C=O) groups is 3. The number of Topliss-reactive ketones (excluding diaryl/α,β-unsaturated/α-hetero) is 1. The highest BCUT2D eigenvalue weighted by molar-refractivity contribution is 6.70. The molecule has 1 atom stereocenters. The van der Waals surface area contributed by atoms with Crippen LogP contribution in [0.2, 0.25) is 19.6 Å². The van der Waals surface area contributed by atoms with E-state index in [1.165, 1.54) is 27.2 Å². The number of carbonyl (C=O) groups excluding carboxylic acids is 3. The highest BCUT2D eigenvalue weighted by Gasteiger charge is 2.59. The molecule has 0 saturated heterocycles. The molecular weight excluding hydrogens is 344 g/mol. The second-order valence-corrected chi connectivity index (χ2v) is 10.9. The summed E-state index contributed by atoms with van der Waals surface area (Å²) >= 11 is 0. The van der Waals surface area contributed by atoms with Gasteiger partial charge in [-0.05, 0) is 40.4 Å². The van der Waals surface area contributed by atoms with Gasteiger partial charge >= 0.3 is 11.9 Å². The molecule has 0 aliphatic carbocycles. The fourth-order valence-electron chi connectivity index (χ4n) is 2.33. The molecule has 0 aromatic heterocycles. The maximum absolute atomic E-state index is 12.8. The van der Waals surface area contributed by atoms with Crippen LogP contribution in [0, 0.1) is 5.92 Å². The van der Waals surface area contributed by atoms with E-state index in [1.807, 2.05) is 19.6 Å². The van der Waals surface area contributed by atoms with Crippen LogP contribution in [0.5, 0.6) is 0 Å².